The lowest BCUT2D eigenvalue weighted by Crippen LogP contribution is -2.28. The molecule has 4 nitrogen and oxygen atoms in total. The van der Waals surface area contributed by atoms with Crippen molar-refractivity contribution in [2.75, 3.05) is 6.54 Å². The first-order valence-corrected chi connectivity index (χ1v) is 4.12. The van der Waals surface area contributed by atoms with Crippen LogP contribution in [0.25, 0.3) is 0 Å². The molecule has 1 aromatic rings. The summed E-state index contributed by atoms with van der Waals surface area (Å²) in [4.78, 5) is 11.3. The minimum atomic E-state index is 0.00639. The second kappa shape index (κ2) is 3.06. The number of hydrogen-bond donors (Lipinski definition) is 1. The number of carbonyl (C=O) groups is 1. The standard InChI is InChI=1S/C8H11N3O/c12-8(6-9-7-2-3-7)11-5-1-4-10-11/h1,4-5,7,9H,2-3,6H2. The molecule has 0 unspecified atom stereocenters. The third kappa shape index (κ3) is 1.71. The molecule has 12 heavy (non-hydrogen) atoms. The van der Waals surface area contributed by atoms with Crippen molar-refractivity contribution >= 4 is 5.91 Å². The monoisotopic (exact) mass is 165 g/mol. The first kappa shape index (κ1) is 7.49. The fourth-order valence-electron chi connectivity index (χ4n) is 1.02. The average Bonchev–Trinajstić information content (AvgIpc) is 2.74. The molecule has 0 spiro atoms. The Labute approximate surface area is 70.6 Å². The predicted octanol–water partition coefficient (Wildman–Crippen LogP) is 0.275. The van der Waals surface area contributed by atoms with E-state index in [2.05, 4.69) is 10.4 Å². The Balaban J connectivity index is 1.83. The first-order valence-electron chi connectivity index (χ1n) is 4.12. The molecule has 0 aliphatic heterocycles. The molecule has 0 radical (unpaired) electrons. The van der Waals surface area contributed by atoms with Gasteiger partial charge in [-0.25, -0.2) is 4.68 Å². The molecule has 1 aliphatic rings. The van der Waals surface area contributed by atoms with Crippen LogP contribution in [0.1, 0.15) is 17.6 Å². The Morgan fingerprint density at radius 2 is 2.50 bits per heavy atom. The van der Waals surface area contributed by atoms with E-state index < -0.39 is 0 Å². The second-order valence-electron chi connectivity index (χ2n) is 3.00. The van der Waals surface area contributed by atoms with Gasteiger partial charge in [0.05, 0.1) is 6.54 Å². The molecule has 64 valence electrons. The molecule has 1 heterocycles. The molecule has 1 fully saturated rings. The molecular formula is C8H11N3O. The molecule has 1 aliphatic carbocycles. The first-order chi connectivity index (χ1) is 5.86. The summed E-state index contributed by atoms with van der Waals surface area (Å²) in [5.74, 6) is 0.00639. The zero-order valence-corrected chi connectivity index (χ0v) is 6.73. The van der Waals surface area contributed by atoms with Gasteiger partial charge in [0, 0.05) is 18.4 Å². The van der Waals surface area contributed by atoms with E-state index in [4.69, 9.17) is 0 Å². The van der Waals surface area contributed by atoms with Crippen LogP contribution in [0.5, 0.6) is 0 Å². The zero-order valence-electron chi connectivity index (χ0n) is 6.73. The number of nitrogens with zero attached hydrogens (tertiary/aromatic N) is 2. The van der Waals surface area contributed by atoms with Gasteiger partial charge in [0.2, 0.25) is 0 Å². The van der Waals surface area contributed by atoms with Crippen molar-refractivity contribution in [2.45, 2.75) is 18.9 Å². The number of hydrogen-bond acceptors (Lipinski definition) is 3. The molecule has 0 amide bonds. The van der Waals surface area contributed by atoms with Gasteiger partial charge in [0.25, 0.3) is 5.91 Å². The number of aromatic nitrogens is 2. The summed E-state index contributed by atoms with van der Waals surface area (Å²) in [7, 11) is 0. The molecule has 1 saturated carbocycles. The lowest BCUT2D eigenvalue weighted by atomic mass is 10.5. The van der Waals surface area contributed by atoms with Gasteiger partial charge < -0.3 is 5.32 Å². The summed E-state index contributed by atoms with van der Waals surface area (Å²) in [6.45, 7) is 0.395. The van der Waals surface area contributed by atoms with Crippen molar-refractivity contribution in [3.8, 4) is 0 Å². The molecule has 0 atom stereocenters. The van der Waals surface area contributed by atoms with Crippen LogP contribution in [0.2, 0.25) is 0 Å². The van der Waals surface area contributed by atoms with Crippen LogP contribution in [0.3, 0.4) is 0 Å². The summed E-state index contributed by atoms with van der Waals surface area (Å²) in [6, 6.07) is 2.32. The number of rotatable bonds is 3. The minimum absolute atomic E-state index is 0.00639. The van der Waals surface area contributed by atoms with Gasteiger partial charge in [-0.2, -0.15) is 5.10 Å². The normalized spacial score (nSPS) is 16.3. The van der Waals surface area contributed by atoms with Crippen LogP contribution in [0.15, 0.2) is 18.5 Å². The zero-order chi connectivity index (χ0) is 8.39. The maximum absolute atomic E-state index is 11.3. The summed E-state index contributed by atoms with van der Waals surface area (Å²) in [6.07, 6.45) is 5.67. The van der Waals surface area contributed by atoms with Crippen LogP contribution >= 0.6 is 0 Å². The third-order valence-corrected chi connectivity index (χ3v) is 1.88. The Morgan fingerprint density at radius 3 is 3.08 bits per heavy atom. The highest BCUT2D eigenvalue weighted by molar-refractivity contribution is 5.79. The fourth-order valence-corrected chi connectivity index (χ4v) is 1.02. The molecule has 0 saturated heterocycles. The van der Waals surface area contributed by atoms with E-state index in [9.17, 15) is 4.79 Å². The Morgan fingerprint density at radius 1 is 1.67 bits per heavy atom. The highest BCUT2D eigenvalue weighted by atomic mass is 16.2. The van der Waals surface area contributed by atoms with Crippen LogP contribution in [0, 0.1) is 0 Å². The minimum Gasteiger partial charge on any atom is -0.306 e. The van der Waals surface area contributed by atoms with Crippen LogP contribution < -0.4 is 5.32 Å². The smallest absolute Gasteiger partial charge is 0.260 e. The maximum Gasteiger partial charge on any atom is 0.260 e. The van der Waals surface area contributed by atoms with Gasteiger partial charge in [0.15, 0.2) is 0 Å². The lowest BCUT2D eigenvalue weighted by molar-refractivity contribution is 0.0896. The van der Waals surface area contributed by atoms with Gasteiger partial charge in [0.1, 0.15) is 0 Å². The van der Waals surface area contributed by atoms with E-state index in [0.717, 1.165) is 0 Å². The van der Waals surface area contributed by atoms with Crippen LogP contribution in [0.4, 0.5) is 0 Å². The van der Waals surface area contributed by atoms with E-state index in [-0.39, 0.29) is 5.91 Å². The topological polar surface area (TPSA) is 46.9 Å². The Kier molecular flexibility index (Phi) is 1.91. The van der Waals surface area contributed by atoms with E-state index in [1.807, 2.05) is 0 Å². The van der Waals surface area contributed by atoms with Crippen molar-refractivity contribution in [3.05, 3.63) is 18.5 Å². The quantitative estimate of drug-likeness (QED) is 0.699. The van der Waals surface area contributed by atoms with Crippen molar-refractivity contribution in [3.63, 3.8) is 0 Å². The summed E-state index contributed by atoms with van der Waals surface area (Å²) < 4.78 is 1.36. The maximum atomic E-state index is 11.3. The van der Waals surface area contributed by atoms with E-state index in [0.29, 0.717) is 12.6 Å². The van der Waals surface area contributed by atoms with Gasteiger partial charge in [-0.05, 0) is 18.9 Å². The van der Waals surface area contributed by atoms with Crippen molar-refractivity contribution < 1.29 is 4.79 Å². The van der Waals surface area contributed by atoms with E-state index in [1.54, 1.807) is 18.5 Å². The van der Waals surface area contributed by atoms with Crippen molar-refractivity contribution in [1.29, 1.82) is 0 Å². The number of nitrogens with one attached hydrogen (secondary N) is 1. The fraction of sp³-hybridized carbons (Fsp3) is 0.500. The summed E-state index contributed by atoms with van der Waals surface area (Å²) >= 11 is 0. The second-order valence-corrected chi connectivity index (χ2v) is 3.00. The van der Waals surface area contributed by atoms with Gasteiger partial charge in [-0.3, -0.25) is 4.79 Å². The molecule has 0 aromatic carbocycles. The van der Waals surface area contributed by atoms with Gasteiger partial charge in [-0.15, -0.1) is 0 Å². The predicted molar refractivity (Wildman–Crippen MR) is 43.9 cm³/mol. The van der Waals surface area contributed by atoms with E-state index in [1.165, 1.54) is 17.5 Å². The van der Waals surface area contributed by atoms with Crippen LogP contribution in [-0.2, 0) is 0 Å². The summed E-state index contributed by atoms with van der Waals surface area (Å²) in [5.41, 5.74) is 0. The summed E-state index contributed by atoms with van der Waals surface area (Å²) in [5, 5.41) is 6.98. The van der Waals surface area contributed by atoms with E-state index >= 15 is 0 Å². The molecule has 0 bridgehead atoms. The molecule has 1 aromatic heterocycles. The molecule has 4 heteroatoms. The highest BCUT2D eigenvalue weighted by Crippen LogP contribution is 2.17. The Bertz CT molecular complexity index is 264. The molecule has 1 N–H and O–H groups in total. The third-order valence-electron chi connectivity index (χ3n) is 1.88. The van der Waals surface area contributed by atoms with Gasteiger partial charge in [-0.1, -0.05) is 0 Å². The highest BCUT2D eigenvalue weighted by Gasteiger charge is 2.21. The molecular weight excluding hydrogens is 154 g/mol. The van der Waals surface area contributed by atoms with Crippen LogP contribution in [-0.4, -0.2) is 28.3 Å². The van der Waals surface area contributed by atoms with Gasteiger partial charge >= 0.3 is 0 Å². The van der Waals surface area contributed by atoms with Crippen molar-refractivity contribution in [1.82, 2.24) is 15.1 Å². The largest absolute Gasteiger partial charge is 0.306 e. The van der Waals surface area contributed by atoms with Crippen molar-refractivity contribution in [2.24, 2.45) is 0 Å². The number of carbonyl (C=O) groups excluding carboxylic acids is 1. The Hall–Kier alpha value is -1.16. The molecule has 2 rings (SSSR count). The lowest BCUT2D eigenvalue weighted by Gasteiger charge is -2.00. The SMILES string of the molecule is O=C(CNC1CC1)n1cccn1. The average molecular weight is 165 g/mol.